The van der Waals surface area contributed by atoms with Gasteiger partial charge in [0.25, 0.3) is 0 Å². The van der Waals surface area contributed by atoms with Crippen LogP contribution < -0.4 is 16.5 Å². The topological polar surface area (TPSA) is 128 Å². The fourth-order valence-corrected chi connectivity index (χ4v) is 4.92. The molecule has 2 amide bonds. The molecule has 0 atom stereocenters. The van der Waals surface area contributed by atoms with E-state index in [9.17, 15) is 26.4 Å². The Morgan fingerprint density at radius 2 is 1.56 bits per heavy atom. The lowest BCUT2D eigenvalue weighted by Gasteiger charge is -2.25. The number of amidine groups is 1. The zero-order valence-corrected chi connectivity index (χ0v) is 22.6. The fourth-order valence-electron chi connectivity index (χ4n) is 4.01. The molecule has 0 aliphatic carbocycles. The van der Waals surface area contributed by atoms with Crippen molar-refractivity contribution < 1.29 is 26.4 Å². The van der Waals surface area contributed by atoms with Crippen LogP contribution in [0.25, 0.3) is 11.1 Å². The third kappa shape index (κ3) is 7.42. The lowest BCUT2D eigenvalue weighted by atomic mass is 10.1. The Morgan fingerprint density at radius 1 is 0.902 bits per heavy atom. The number of carbonyl (C=O) groups excluding carboxylic acids is 1. The van der Waals surface area contributed by atoms with E-state index < -0.39 is 27.6 Å². The van der Waals surface area contributed by atoms with Crippen molar-refractivity contribution in [3.63, 3.8) is 0 Å². The van der Waals surface area contributed by atoms with Gasteiger partial charge in [-0.3, -0.25) is 10.8 Å². The number of rotatable bonds is 8. The SMILES string of the molecule is CS(=O)(=O)c1ccccc1-c1ccc(NC(=O)N(Cc2ccc(C(F)(F)F)cc2)Nc2cccc(C(=N)N)c2)cc1. The number of sulfone groups is 1. The molecule has 0 fully saturated rings. The maximum Gasteiger partial charge on any atom is 0.416 e. The van der Waals surface area contributed by atoms with Crippen LogP contribution in [0.4, 0.5) is 29.3 Å². The molecule has 5 N–H and O–H groups in total. The number of carbonyl (C=O) groups is 1. The van der Waals surface area contributed by atoms with Crippen LogP contribution in [0.2, 0.25) is 0 Å². The van der Waals surface area contributed by atoms with Gasteiger partial charge in [0.2, 0.25) is 0 Å². The molecule has 0 spiro atoms. The highest BCUT2D eigenvalue weighted by molar-refractivity contribution is 7.90. The molecule has 4 aromatic carbocycles. The van der Waals surface area contributed by atoms with E-state index in [1.807, 2.05) is 0 Å². The smallest absolute Gasteiger partial charge is 0.384 e. The molecule has 8 nitrogen and oxygen atoms in total. The molecule has 0 radical (unpaired) electrons. The minimum atomic E-state index is -4.49. The summed E-state index contributed by atoms with van der Waals surface area (Å²) in [5.74, 6) is -0.176. The zero-order valence-electron chi connectivity index (χ0n) is 21.7. The van der Waals surface area contributed by atoms with Crippen LogP contribution >= 0.6 is 0 Å². The number of hydrogen-bond donors (Lipinski definition) is 4. The second-order valence-electron chi connectivity index (χ2n) is 9.16. The minimum absolute atomic E-state index is 0.103. The first kappa shape index (κ1) is 29.2. The molecule has 4 rings (SSSR count). The number of hydrazine groups is 1. The van der Waals surface area contributed by atoms with Gasteiger partial charge in [-0.05, 0) is 53.6 Å². The van der Waals surface area contributed by atoms with Crippen LogP contribution in [0.5, 0.6) is 0 Å². The number of amides is 2. The van der Waals surface area contributed by atoms with Crippen LogP contribution in [0.1, 0.15) is 16.7 Å². The first-order chi connectivity index (χ1) is 19.3. The largest absolute Gasteiger partial charge is 0.416 e. The first-order valence-corrected chi connectivity index (χ1v) is 14.1. The summed E-state index contributed by atoms with van der Waals surface area (Å²) in [5.41, 5.74) is 10.5. The number of hydrogen-bond acceptors (Lipinski definition) is 5. The van der Waals surface area contributed by atoms with Gasteiger partial charge in [-0.1, -0.05) is 54.6 Å². The second-order valence-corrected chi connectivity index (χ2v) is 11.1. The average Bonchev–Trinajstić information content (AvgIpc) is 2.92. The van der Waals surface area contributed by atoms with Crippen molar-refractivity contribution in [1.29, 1.82) is 5.41 Å². The monoisotopic (exact) mass is 581 g/mol. The standard InChI is InChI=1S/C29H26F3N5O3S/c1-41(39,40)26-8-3-2-7-25(26)20-11-15-23(16-12-20)35-28(38)37(36-24-6-4-5-21(17-24)27(33)34)18-19-9-13-22(14-10-19)29(30,31)32/h2-17,36H,18H2,1H3,(H3,33,34)(H,35,38). The molecule has 0 saturated carbocycles. The summed E-state index contributed by atoms with van der Waals surface area (Å²) < 4.78 is 63.4. The maximum atomic E-state index is 13.3. The predicted octanol–water partition coefficient (Wildman–Crippen LogP) is 6.12. The van der Waals surface area contributed by atoms with Crippen molar-refractivity contribution in [2.75, 3.05) is 17.0 Å². The molecule has 12 heteroatoms. The van der Waals surface area contributed by atoms with Crippen LogP contribution in [0, 0.1) is 5.41 Å². The summed E-state index contributed by atoms with van der Waals surface area (Å²) in [6.07, 6.45) is -3.36. The summed E-state index contributed by atoms with van der Waals surface area (Å²) in [7, 11) is -3.47. The number of anilines is 2. The van der Waals surface area contributed by atoms with Gasteiger partial charge in [0.05, 0.1) is 22.7 Å². The Hall–Kier alpha value is -4.84. The first-order valence-electron chi connectivity index (χ1n) is 12.2. The fraction of sp³-hybridized carbons (Fsp3) is 0.103. The molecule has 0 aliphatic heterocycles. The van der Waals surface area contributed by atoms with Gasteiger partial charge < -0.3 is 11.1 Å². The molecular formula is C29H26F3N5O3S. The van der Waals surface area contributed by atoms with Crippen molar-refractivity contribution >= 4 is 33.1 Å². The normalized spacial score (nSPS) is 11.5. The van der Waals surface area contributed by atoms with E-state index in [2.05, 4.69) is 10.7 Å². The molecule has 0 bridgehead atoms. The van der Waals surface area contributed by atoms with Crippen molar-refractivity contribution in [1.82, 2.24) is 5.01 Å². The number of benzene rings is 4. The van der Waals surface area contributed by atoms with Gasteiger partial charge >= 0.3 is 12.2 Å². The quantitative estimate of drug-likeness (QED) is 0.113. The molecule has 0 heterocycles. The third-order valence-electron chi connectivity index (χ3n) is 6.04. The lowest BCUT2D eigenvalue weighted by Crippen LogP contribution is -2.39. The molecular weight excluding hydrogens is 555 g/mol. The van der Waals surface area contributed by atoms with Crippen LogP contribution in [0.15, 0.2) is 102 Å². The van der Waals surface area contributed by atoms with E-state index in [4.69, 9.17) is 11.1 Å². The predicted molar refractivity (Wildman–Crippen MR) is 152 cm³/mol. The maximum absolute atomic E-state index is 13.3. The van der Waals surface area contributed by atoms with Crippen molar-refractivity contribution in [3.8, 4) is 11.1 Å². The molecule has 0 aliphatic rings. The number of nitrogens with zero attached hydrogens (tertiary/aromatic N) is 1. The Balaban J connectivity index is 1.58. The minimum Gasteiger partial charge on any atom is -0.384 e. The number of nitrogen functional groups attached to an aromatic ring is 1. The molecule has 212 valence electrons. The number of nitrogens with two attached hydrogens (primary N) is 1. The summed E-state index contributed by atoms with van der Waals surface area (Å²) in [5, 5.41) is 11.6. The number of nitrogens with one attached hydrogen (secondary N) is 3. The summed E-state index contributed by atoms with van der Waals surface area (Å²) in [4.78, 5) is 13.5. The van der Waals surface area contributed by atoms with E-state index in [-0.39, 0.29) is 17.3 Å². The average molecular weight is 582 g/mol. The zero-order chi connectivity index (χ0) is 29.8. The van der Waals surface area contributed by atoms with E-state index in [0.29, 0.717) is 33.6 Å². The Morgan fingerprint density at radius 3 is 2.17 bits per heavy atom. The molecule has 0 saturated heterocycles. The third-order valence-corrected chi connectivity index (χ3v) is 7.19. The number of alkyl halides is 3. The Kier molecular flexibility index (Phi) is 8.33. The van der Waals surface area contributed by atoms with Crippen LogP contribution in [-0.2, 0) is 22.6 Å². The summed E-state index contributed by atoms with van der Waals surface area (Å²) >= 11 is 0. The van der Waals surface area contributed by atoms with Crippen LogP contribution in [0.3, 0.4) is 0 Å². The molecule has 41 heavy (non-hydrogen) atoms. The summed E-state index contributed by atoms with van der Waals surface area (Å²) in [6.45, 7) is -0.103. The van der Waals surface area contributed by atoms with Gasteiger partial charge in [0, 0.05) is 23.1 Å². The van der Waals surface area contributed by atoms with Crippen molar-refractivity contribution in [3.05, 3.63) is 114 Å². The van der Waals surface area contributed by atoms with Crippen LogP contribution in [-0.4, -0.2) is 31.5 Å². The van der Waals surface area contributed by atoms with Gasteiger partial charge in [-0.2, -0.15) is 13.2 Å². The van der Waals surface area contributed by atoms with Gasteiger partial charge in [0.1, 0.15) is 5.84 Å². The van der Waals surface area contributed by atoms with E-state index in [1.165, 1.54) is 23.2 Å². The van der Waals surface area contributed by atoms with E-state index in [1.54, 1.807) is 66.7 Å². The Labute approximate surface area is 235 Å². The van der Waals surface area contributed by atoms with Crippen molar-refractivity contribution in [2.45, 2.75) is 17.6 Å². The molecule has 0 aromatic heterocycles. The summed E-state index contributed by atoms with van der Waals surface area (Å²) in [6, 6.07) is 23.4. The Bertz CT molecular complexity index is 1670. The highest BCUT2D eigenvalue weighted by Crippen LogP contribution is 2.30. The van der Waals surface area contributed by atoms with Gasteiger partial charge in [-0.15, -0.1) is 0 Å². The molecule has 0 unspecified atom stereocenters. The molecule has 4 aromatic rings. The highest BCUT2D eigenvalue weighted by atomic mass is 32.2. The number of halogens is 3. The second kappa shape index (κ2) is 11.7. The van der Waals surface area contributed by atoms with Gasteiger partial charge in [-0.25, -0.2) is 18.2 Å². The van der Waals surface area contributed by atoms with E-state index in [0.717, 1.165) is 18.4 Å². The van der Waals surface area contributed by atoms with E-state index >= 15 is 0 Å². The number of urea groups is 1. The van der Waals surface area contributed by atoms with Gasteiger partial charge in [0.15, 0.2) is 9.84 Å². The highest BCUT2D eigenvalue weighted by Gasteiger charge is 2.30. The lowest BCUT2D eigenvalue weighted by molar-refractivity contribution is -0.137. The van der Waals surface area contributed by atoms with Crippen molar-refractivity contribution in [2.24, 2.45) is 5.73 Å².